The molecule has 0 fully saturated rings. The van der Waals surface area contributed by atoms with E-state index in [2.05, 4.69) is 39.9 Å². The third-order valence-electron chi connectivity index (χ3n) is 2.37. The molecular weight excluding hydrogens is 204 g/mol. The molecule has 2 aromatic rings. The number of nitrogens with zero attached hydrogens (tertiary/aromatic N) is 1. The summed E-state index contributed by atoms with van der Waals surface area (Å²) in [5.74, 6) is 0. The Morgan fingerprint density at radius 1 is 1.40 bits per heavy atom. The molecule has 0 saturated carbocycles. The van der Waals surface area contributed by atoms with E-state index in [1.807, 2.05) is 20.2 Å². The van der Waals surface area contributed by atoms with Crippen LogP contribution in [0.25, 0.3) is 0 Å². The number of aromatic nitrogens is 1. The van der Waals surface area contributed by atoms with Crippen LogP contribution in [0, 0.1) is 6.92 Å². The van der Waals surface area contributed by atoms with Gasteiger partial charge in [0.25, 0.3) is 0 Å². The van der Waals surface area contributed by atoms with Crippen molar-refractivity contribution in [1.82, 2.24) is 10.3 Å². The molecule has 1 unspecified atom stereocenters. The number of aryl methyl sites for hydroxylation is 1. The zero-order valence-electron chi connectivity index (χ0n) is 8.90. The van der Waals surface area contributed by atoms with Crippen molar-refractivity contribution in [3.8, 4) is 0 Å². The Balaban J connectivity index is 2.35. The van der Waals surface area contributed by atoms with Gasteiger partial charge in [-0.2, -0.15) is 0 Å². The summed E-state index contributed by atoms with van der Waals surface area (Å²) >= 11 is 1.77. The summed E-state index contributed by atoms with van der Waals surface area (Å²) in [4.78, 5) is 5.55. The van der Waals surface area contributed by atoms with Crippen LogP contribution in [0.15, 0.2) is 35.8 Å². The van der Waals surface area contributed by atoms with Gasteiger partial charge in [-0.15, -0.1) is 11.3 Å². The van der Waals surface area contributed by atoms with Crippen LogP contribution < -0.4 is 5.32 Å². The molecule has 0 bridgehead atoms. The maximum Gasteiger partial charge on any atom is 0.0669 e. The van der Waals surface area contributed by atoms with Crippen molar-refractivity contribution in [2.24, 2.45) is 0 Å². The van der Waals surface area contributed by atoms with Crippen molar-refractivity contribution >= 4 is 11.3 Å². The summed E-state index contributed by atoms with van der Waals surface area (Å²) in [5.41, 5.74) is 2.33. The molecule has 0 saturated heterocycles. The van der Waals surface area contributed by atoms with Gasteiger partial charge in [-0.3, -0.25) is 4.98 Å². The van der Waals surface area contributed by atoms with Crippen LogP contribution in [-0.4, -0.2) is 12.0 Å². The Hall–Kier alpha value is -1.19. The van der Waals surface area contributed by atoms with Crippen molar-refractivity contribution < 1.29 is 0 Å². The van der Waals surface area contributed by atoms with Crippen molar-refractivity contribution in [3.05, 3.63) is 52.0 Å². The molecule has 15 heavy (non-hydrogen) atoms. The number of nitrogens with one attached hydrogen (secondary N) is 1. The van der Waals surface area contributed by atoms with Crippen LogP contribution in [0.3, 0.4) is 0 Å². The topological polar surface area (TPSA) is 24.9 Å². The highest BCUT2D eigenvalue weighted by atomic mass is 32.1. The monoisotopic (exact) mass is 218 g/mol. The van der Waals surface area contributed by atoms with E-state index in [0.717, 1.165) is 5.69 Å². The normalized spacial score (nSPS) is 12.7. The third kappa shape index (κ3) is 2.25. The fourth-order valence-electron chi connectivity index (χ4n) is 1.68. The zero-order chi connectivity index (χ0) is 10.7. The Kier molecular flexibility index (Phi) is 3.14. The average molecular weight is 218 g/mol. The van der Waals surface area contributed by atoms with Gasteiger partial charge in [0.1, 0.15) is 0 Å². The lowest BCUT2D eigenvalue weighted by Gasteiger charge is -2.15. The predicted octanol–water partition coefficient (Wildman–Crippen LogP) is 2.76. The van der Waals surface area contributed by atoms with Gasteiger partial charge in [-0.25, -0.2) is 0 Å². The summed E-state index contributed by atoms with van der Waals surface area (Å²) in [7, 11) is 1.99. The molecule has 0 aliphatic carbocycles. The fraction of sp³-hybridized carbons (Fsp3) is 0.250. The fourth-order valence-corrected chi connectivity index (χ4v) is 2.54. The lowest BCUT2D eigenvalue weighted by molar-refractivity contribution is 0.701. The molecule has 0 amide bonds. The minimum absolute atomic E-state index is 0.284. The van der Waals surface area contributed by atoms with Crippen molar-refractivity contribution in [3.63, 3.8) is 0 Å². The van der Waals surface area contributed by atoms with Crippen molar-refractivity contribution in [2.75, 3.05) is 7.05 Å². The average Bonchev–Trinajstić information content (AvgIpc) is 2.72. The van der Waals surface area contributed by atoms with E-state index in [9.17, 15) is 0 Å². The quantitative estimate of drug-likeness (QED) is 0.857. The highest BCUT2D eigenvalue weighted by Crippen LogP contribution is 2.25. The summed E-state index contributed by atoms with van der Waals surface area (Å²) in [6.45, 7) is 2.02. The van der Waals surface area contributed by atoms with Crippen LogP contribution in [0.2, 0.25) is 0 Å². The maximum absolute atomic E-state index is 4.21. The molecule has 0 aliphatic heterocycles. The van der Waals surface area contributed by atoms with Crippen LogP contribution in [0.5, 0.6) is 0 Å². The molecule has 2 nitrogen and oxygen atoms in total. The number of hydrogen-bond donors (Lipinski definition) is 1. The summed E-state index contributed by atoms with van der Waals surface area (Å²) in [6.07, 6.45) is 1.86. The van der Waals surface area contributed by atoms with E-state index in [4.69, 9.17) is 0 Å². The highest BCUT2D eigenvalue weighted by Gasteiger charge is 2.12. The van der Waals surface area contributed by atoms with Crippen LogP contribution in [0.4, 0.5) is 0 Å². The second kappa shape index (κ2) is 4.55. The number of pyridine rings is 1. The van der Waals surface area contributed by atoms with Gasteiger partial charge < -0.3 is 5.32 Å². The Labute approximate surface area is 94.0 Å². The predicted molar refractivity (Wildman–Crippen MR) is 64.2 cm³/mol. The number of rotatable bonds is 3. The van der Waals surface area contributed by atoms with E-state index in [0.29, 0.717) is 0 Å². The summed E-state index contributed by atoms with van der Waals surface area (Å²) in [6, 6.07) is 8.71. The van der Waals surface area contributed by atoms with E-state index in [-0.39, 0.29) is 6.04 Å². The molecule has 1 atom stereocenters. The minimum atomic E-state index is 0.284. The lowest BCUT2D eigenvalue weighted by Crippen LogP contribution is -2.16. The second-order valence-electron chi connectivity index (χ2n) is 3.47. The lowest BCUT2D eigenvalue weighted by atomic mass is 10.1. The SMILES string of the molecule is CNC(c1ccnc(C)c1)c1cccs1. The van der Waals surface area contributed by atoms with Gasteiger partial charge in [0.05, 0.1) is 6.04 Å². The highest BCUT2D eigenvalue weighted by molar-refractivity contribution is 7.10. The Morgan fingerprint density at radius 3 is 2.87 bits per heavy atom. The molecular formula is C12H14N2S. The summed E-state index contributed by atoms with van der Waals surface area (Å²) < 4.78 is 0. The first-order valence-corrected chi connectivity index (χ1v) is 5.82. The van der Waals surface area contributed by atoms with Crippen molar-refractivity contribution in [2.45, 2.75) is 13.0 Å². The molecule has 0 aromatic carbocycles. The van der Waals surface area contributed by atoms with Crippen molar-refractivity contribution in [1.29, 1.82) is 0 Å². The first-order chi connectivity index (χ1) is 7.31. The molecule has 3 heteroatoms. The molecule has 2 aromatic heterocycles. The van der Waals surface area contributed by atoms with E-state index >= 15 is 0 Å². The smallest absolute Gasteiger partial charge is 0.0669 e. The van der Waals surface area contributed by atoms with Gasteiger partial charge in [0.15, 0.2) is 0 Å². The Bertz CT molecular complexity index is 423. The Morgan fingerprint density at radius 2 is 2.27 bits per heavy atom. The molecule has 0 spiro atoms. The maximum atomic E-state index is 4.21. The summed E-state index contributed by atoms with van der Waals surface area (Å²) in [5, 5.41) is 5.44. The first-order valence-electron chi connectivity index (χ1n) is 4.94. The van der Waals surface area contributed by atoms with Gasteiger partial charge >= 0.3 is 0 Å². The number of thiophene rings is 1. The number of hydrogen-bond acceptors (Lipinski definition) is 3. The minimum Gasteiger partial charge on any atom is -0.309 e. The molecule has 78 valence electrons. The second-order valence-corrected chi connectivity index (χ2v) is 4.45. The van der Waals surface area contributed by atoms with Gasteiger partial charge in [0, 0.05) is 16.8 Å². The van der Waals surface area contributed by atoms with Gasteiger partial charge in [0.2, 0.25) is 0 Å². The zero-order valence-corrected chi connectivity index (χ0v) is 9.71. The third-order valence-corrected chi connectivity index (χ3v) is 3.31. The standard InChI is InChI=1S/C12H14N2S/c1-9-8-10(5-6-14-9)12(13-2)11-4-3-7-15-11/h3-8,12-13H,1-2H3. The van der Waals surface area contributed by atoms with E-state index in [1.165, 1.54) is 10.4 Å². The van der Waals surface area contributed by atoms with E-state index in [1.54, 1.807) is 11.3 Å². The molecule has 0 aliphatic rings. The van der Waals surface area contributed by atoms with Crippen LogP contribution >= 0.6 is 11.3 Å². The molecule has 1 N–H and O–H groups in total. The van der Waals surface area contributed by atoms with Crippen LogP contribution in [0.1, 0.15) is 22.2 Å². The van der Waals surface area contributed by atoms with Crippen LogP contribution in [-0.2, 0) is 0 Å². The van der Waals surface area contributed by atoms with E-state index < -0.39 is 0 Å². The first kappa shape index (κ1) is 10.3. The largest absolute Gasteiger partial charge is 0.309 e. The molecule has 2 rings (SSSR count). The molecule has 0 radical (unpaired) electrons. The van der Waals surface area contributed by atoms with Gasteiger partial charge in [-0.05, 0) is 43.1 Å². The molecule has 2 heterocycles. The van der Waals surface area contributed by atoms with Gasteiger partial charge in [-0.1, -0.05) is 6.07 Å².